The van der Waals surface area contributed by atoms with E-state index in [1.165, 1.54) is 0 Å². The quantitative estimate of drug-likeness (QED) is 0.908. The van der Waals surface area contributed by atoms with Crippen molar-refractivity contribution >= 4 is 11.7 Å². The van der Waals surface area contributed by atoms with Gasteiger partial charge in [-0.2, -0.15) is 0 Å². The highest BCUT2D eigenvalue weighted by Crippen LogP contribution is 2.24. The molecule has 0 saturated carbocycles. The van der Waals surface area contributed by atoms with Gasteiger partial charge >= 0.3 is 0 Å². The summed E-state index contributed by atoms with van der Waals surface area (Å²) in [5.74, 6) is -0.266. The maximum Gasteiger partial charge on any atom is 0.231 e. The third-order valence-electron chi connectivity index (χ3n) is 3.69. The fraction of sp³-hybridized carbons (Fsp3) is 0.312. The third-order valence-corrected chi connectivity index (χ3v) is 3.69. The van der Waals surface area contributed by atoms with Crippen molar-refractivity contribution in [2.45, 2.75) is 5.92 Å². The number of ether oxygens (including phenoxy) is 1. The van der Waals surface area contributed by atoms with E-state index in [9.17, 15) is 4.79 Å². The lowest BCUT2D eigenvalue weighted by Gasteiger charge is -2.28. The van der Waals surface area contributed by atoms with Crippen LogP contribution in [0.5, 0.6) is 0 Å². The van der Waals surface area contributed by atoms with Crippen LogP contribution in [0.3, 0.4) is 0 Å². The van der Waals surface area contributed by atoms with E-state index in [0.29, 0.717) is 18.9 Å². The monoisotopic (exact) mass is 298 g/mol. The second kappa shape index (κ2) is 6.53. The highest BCUT2D eigenvalue weighted by Gasteiger charge is 2.23. The number of carbonyl (C=O) groups is 1. The fourth-order valence-corrected chi connectivity index (χ4v) is 2.58. The molecule has 2 N–H and O–H groups in total. The van der Waals surface area contributed by atoms with Gasteiger partial charge in [-0.25, -0.2) is 4.98 Å². The Hall–Kier alpha value is -2.47. The predicted octanol–water partition coefficient (Wildman–Crippen LogP) is 0.930. The van der Waals surface area contributed by atoms with Crippen molar-refractivity contribution in [2.75, 3.05) is 31.2 Å². The van der Waals surface area contributed by atoms with Gasteiger partial charge in [-0.1, -0.05) is 30.3 Å². The Morgan fingerprint density at radius 2 is 1.91 bits per heavy atom. The van der Waals surface area contributed by atoms with Crippen LogP contribution in [0, 0.1) is 0 Å². The van der Waals surface area contributed by atoms with E-state index in [4.69, 9.17) is 10.5 Å². The van der Waals surface area contributed by atoms with E-state index in [0.717, 1.165) is 24.5 Å². The first kappa shape index (κ1) is 14.5. The number of rotatable bonds is 4. The highest BCUT2D eigenvalue weighted by atomic mass is 16.5. The zero-order chi connectivity index (χ0) is 15.4. The van der Waals surface area contributed by atoms with Crippen LogP contribution >= 0.6 is 0 Å². The Morgan fingerprint density at radius 1 is 1.18 bits per heavy atom. The summed E-state index contributed by atoms with van der Waals surface area (Å²) in [6.07, 6.45) is 3.31. The number of nitrogens with two attached hydrogens (primary N) is 1. The second-order valence-corrected chi connectivity index (χ2v) is 5.15. The molecule has 22 heavy (non-hydrogen) atoms. The Morgan fingerprint density at radius 3 is 2.59 bits per heavy atom. The molecule has 1 aromatic carbocycles. The molecule has 6 heteroatoms. The summed E-state index contributed by atoms with van der Waals surface area (Å²) in [5.41, 5.74) is 6.98. The SMILES string of the molecule is NC(=O)C(c1ccccc1)c1cncc(N2CCOCC2)n1. The number of hydrogen-bond donors (Lipinski definition) is 1. The van der Waals surface area contributed by atoms with E-state index >= 15 is 0 Å². The lowest BCUT2D eigenvalue weighted by molar-refractivity contribution is -0.118. The molecule has 3 rings (SSSR count). The number of nitrogens with zero attached hydrogens (tertiary/aromatic N) is 3. The molecular weight excluding hydrogens is 280 g/mol. The molecule has 114 valence electrons. The number of amides is 1. The zero-order valence-electron chi connectivity index (χ0n) is 12.2. The molecule has 1 unspecified atom stereocenters. The molecule has 0 aliphatic carbocycles. The largest absolute Gasteiger partial charge is 0.378 e. The zero-order valence-corrected chi connectivity index (χ0v) is 12.2. The van der Waals surface area contributed by atoms with Gasteiger partial charge in [0.2, 0.25) is 5.91 Å². The van der Waals surface area contributed by atoms with Crippen molar-refractivity contribution in [3.63, 3.8) is 0 Å². The summed E-state index contributed by atoms with van der Waals surface area (Å²) in [5, 5.41) is 0. The van der Waals surface area contributed by atoms with Gasteiger partial charge in [-0.15, -0.1) is 0 Å². The van der Waals surface area contributed by atoms with Crippen LogP contribution in [0.15, 0.2) is 42.7 Å². The Kier molecular flexibility index (Phi) is 4.29. The van der Waals surface area contributed by atoms with E-state index in [1.807, 2.05) is 30.3 Å². The lowest BCUT2D eigenvalue weighted by atomic mass is 9.95. The van der Waals surface area contributed by atoms with E-state index < -0.39 is 11.8 Å². The molecule has 1 fully saturated rings. The van der Waals surface area contributed by atoms with Crippen LogP contribution in [0.1, 0.15) is 17.2 Å². The fourth-order valence-electron chi connectivity index (χ4n) is 2.58. The first-order chi connectivity index (χ1) is 10.8. The van der Waals surface area contributed by atoms with Gasteiger partial charge in [0.15, 0.2) is 0 Å². The Bertz CT molecular complexity index is 642. The molecule has 1 aromatic heterocycles. The topological polar surface area (TPSA) is 81.3 Å². The summed E-state index contributed by atoms with van der Waals surface area (Å²) < 4.78 is 5.34. The first-order valence-electron chi connectivity index (χ1n) is 7.24. The molecule has 1 aliphatic rings. The van der Waals surface area contributed by atoms with Crippen LogP contribution in [-0.4, -0.2) is 42.2 Å². The van der Waals surface area contributed by atoms with Crippen molar-refractivity contribution in [3.8, 4) is 0 Å². The average molecular weight is 298 g/mol. The summed E-state index contributed by atoms with van der Waals surface area (Å²) in [6.45, 7) is 2.88. The van der Waals surface area contributed by atoms with Crippen LogP contribution in [0.2, 0.25) is 0 Å². The standard InChI is InChI=1S/C16H18N4O2/c17-16(21)15(12-4-2-1-3-5-12)13-10-18-11-14(19-13)20-6-8-22-9-7-20/h1-5,10-11,15H,6-9H2,(H2,17,21). The van der Waals surface area contributed by atoms with Gasteiger partial charge in [0.1, 0.15) is 11.7 Å². The number of anilines is 1. The van der Waals surface area contributed by atoms with Gasteiger partial charge in [-0.05, 0) is 5.56 Å². The van der Waals surface area contributed by atoms with Crippen LogP contribution in [-0.2, 0) is 9.53 Å². The number of morpholine rings is 1. The van der Waals surface area contributed by atoms with Crippen LogP contribution in [0.25, 0.3) is 0 Å². The van der Waals surface area contributed by atoms with Crippen molar-refractivity contribution in [2.24, 2.45) is 5.73 Å². The van der Waals surface area contributed by atoms with Crippen LogP contribution < -0.4 is 10.6 Å². The molecule has 2 aromatic rings. The average Bonchev–Trinajstić information content (AvgIpc) is 2.57. The molecule has 0 radical (unpaired) electrons. The molecule has 1 atom stereocenters. The minimum absolute atomic E-state index is 0.431. The number of carbonyl (C=O) groups excluding carboxylic acids is 1. The van der Waals surface area contributed by atoms with Crippen molar-refractivity contribution in [3.05, 3.63) is 54.0 Å². The third kappa shape index (κ3) is 3.07. The molecule has 1 amide bonds. The maximum absolute atomic E-state index is 11.9. The summed E-state index contributed by atoms with van der Waals surface area (Å²) in [6, 6.07) is 9.41. The second-order valence-electron chi connectivity index (χ2n) is 5.15. The summed E-state index contributed by atoms with van der Waals surface area (Å²) >= 11 is 0. The smallest absolute Gasteiger partial charge is 0.231 e. The number of benzene rings is 1. The normalized spacial score (nSPS) is 16.3. The van der Waals surface area contributed by atoms with Gasteiger partial charge < -0.3 is 15.4 Å². The number of hydrogen-bond acceptors (Lipinski definition) is 5. The summed E-state index contributed by atoms with van der Waals surface area (Å²) in [4.78, 5) is 22.8. The number of aromatic nitrogens is 2. The van der Waals surface area contributed by atoms with Crippen molar-refractivity contribution < 1.29 is 9.53 Å². The van der Waals surface area contributed by atoms with Crippen molar-refractivity contribution in [1.82, 2.24) is 9.97 Å². The predicted molar refractivity (Wildman–Crippen MR) is 82.5 cm³/mol. The minimum Gasteiger partial charge on any atom is -0.378 e. The van der Waals surface area contributed by atoms with Gasteiger partial charge in [0, 0.05) is 19.3 Å². The van der Waals surface area contributed by atoms with E-state index in [2.05, 4.69) is 14.9 Å². The molecule has 0 spiro atoms. The van der Waals surface area contributed by atoms with Gasteiger partial charge in [0.25, 0.3) is 0 Å². The first-order valence-corrected chi connectivity index (χ1v) is 7.24. The number of primary amides is 1. The Balaban J connectivity index is 1.93. The van der Waals surface area contributed by atoms with Crippen molar-refractivity contribution in [1.29, 1.82) is 0 Å². The summed E-state index contributed by atoms with van der Waals surface area (Å²) in [7, 11) is 0. The van der Waals surface area contributed by atoms with Crippen LogP contribution in [0.4, 0.5) is 5.82 Å². The Labute approximate surface area is 128 Å². The van der Waals surface area contributed by atoms with Gasteiger partial charge in [0.05, 0.1) is 25.1 Å². The highest BCUT2D eigenvalue weighted by molar-refractivity contribution is 5.85. The molecule has 1 saturated heterocycles. The molecule has 6 nitrogen and oxygen atoms in total. The maximum atomic E-state index is 11.9. The molecule has 1 aliphatic heterocycles. The minimum atomic E-state index is -0.588. The lowest BCUT2D eigenvalue weighted by Crippen LogP contribution is -2.37. The molecular formula is C16H18N4O2. The molecule has 0 bridgehead atoms. The van der Waals surface area contributed by atoms with Gasteiger partial charge in [-0.3, -0.25) is 9.78 Å². The molecule has 2 heterocycles. The van der Waals surface area contributed by atoms with E-state index in [1.54, 1.807) is 12.4 Å². The van der Waals surface area contributed by atoms with E-state index in [-0.39, 0.29) is 0 Å².